The second-order valence-electron chi connectivity index (χ2n) is 8.64. The fraction of sp³-hybridized carbons (Fsp3) is 0.643. The summed E-state index contributed by atoms with van der Waals surface area (Å²) >= 11 is 0. The van der Waals surface area contributed by atoms with Crippen molar-refractivity contribution < 1.29 is 56.7 Å². The number of carbonyl (C=O) groups excluding carboxylic acids is 2. The summed E-state index contributed by atoms with van der Waals surface area (Å²) in [7, 11) is -3.37. The molecule has 1 aromatic rings. The Hall–Kier alpha value is -1.04. The van der Waals surface area contributed by atoms with Crippen molar-refractivity contribution in [1.82, 2.24) is 0 Å². The van der Waals surface area contributed by atoms with E-state index in [1.54, 1.807) is 11.9 Å². The molecule has 0 aliphatic carbocycles. The summed E-state index contributed by atoms with van der Waals surface area (Å²) in [6, 6.07) is 10.0. The number of rotatable bonds is 18. The zero-order valence-corrected chi connectivity index (χ0v) is 25.0. The predicted molar refractivity (Wildman–Crippen MR) is 143 cm³/mol. The molecule has 0 spiro atoms. The number of hydrogen-bond donors (Lipinski definition) is 3. The third-order valence-corrected chi connectivity index (χ3v) is 5.80. The monoisotopic (exact) mass is 596 g/mol. The largest absolute Gasteiger partial charge is 3.00 e. The minimum Gasteiger partial charge on any atom is -0.854 e. The molecule has 8 nitrogen and oxygen atoms in total. The molecule has 220 valence electrons. The van der Waals surface area contributed by atoms with Gasteiger partial charge in [0.15, 0.2) is 0 Å². The number of unbranched alkanes of at least 4 members (excludes halogenated alkanes) is 11. The topological polar surface area (TPSA) is 164 Å². The van der Waals surface area contributed by atoms with Gasteiger partial charge in [0.2, 0.25) is 0 Å². The molecule has 0 aliphatic heterocycles. The van der Waals surface area contributed by atoms with Crippen LogP contribution in [0.15, 0.2) is 41.5 Å². The molecule has 0 radical (unpaired) electrons. The zero-order valence-electron chi connectivity index (χ0n) is 22.9. The van der Waals surface area contributed by atoms with Gasteiger partial charge in [-0.05, 0) is 12.8 Å². The Balaban J connectivity index is -0.000000443. The zero-order chi connectivity index (χ0) is 27.5. The molecule has 1 rings (SSSR count). The van der Waals surface area contributed by atoms with Crippen LogP contribution < -0.4 is 14.7 Å². The molecule has 0 fully saturated rings. The van der Waals surface area contributed by atoms with E-state index in [9.17, 15) is 24.9 Å². The molecule has 0 saturated heterocycles. The summed E-state index contributed by atoms with van der Waals surface area (Å²) in [4.78, 5) is 47.9. The Kier molecular flexibility index (Phi) is 37.2. The molecular weight excluding hydrogens is 550 g/mol. The Morgan fingerprint density at radius 3 is 1.39 bits per heavy atom. The second-order valence-corrected chi connectivity index (χ2v) is 9.08. The Bertz CT molecular complexity index is 667. The van der Waals surface area contributed by atoms with E-state index in [-0.39, 0.29) is 35.6 Å². The van der Waals surface area contributed by atoms with Crippen LogP contribution in [0.4, 0.5) is 0 Å². The van der Waals surface area contributed by atoms with Gasteiger partial charge in [-0.2, -0.15) is 18.2 Å². The van der Waals surface area contributed by atoms with E-state index in [0.29, 0.717) is 6.42 Å². The molecule has 0 saturated carbocycles. The van der Waals surface area contributed by atoms with Crippen LogP contribution in [0, 0.1) is 12.8 Å². The van der Waals surface area contributed by atoms with Crippen LogP contribution in [-0.4, -0.2) is 47.0 Å². The van der Waals surface area contributed by atoms with Crippen LogP contribution in [0.25, 0.3) is 0 Å². The standard InChI is InChI=1S/C22H38O5.C5H5.CH3.Mn.O3P/c1-2-3-4-5-6-7-8-9-10-11-12-13-14-20(15-23)21(16-24)22(17-25,18-26)19-27;1-2-4-5-3-1;;;1-4(2)3/h25-27H,2-14,17-19H2,1H3;1-5H;1H3;;/q;2*-1;+3;-3. The first-order valence-corrected chi connectivity index (χ1v) is 13.8. The van der Waals surface area contributed by atoms with E-state index >= 15 is 0 Å². The average Bonchev–Trinajstić information content (AvgIpc) is 3.46. The summed E-state index contributed by atoms with van der Waals surface area (Å²) in [5.41, 5.74) is -1.60. The van der Waals surface area contributed by atoms with Crippen molar-refractivity contribution in [3.8, 4) is 0 Å². The first-order valence-electron chi connectivity index (χ1n) is 12.7. The van der Waals surface area contributed by atoms with Crippen molar-refractivity contribution in [2.45, 2.75) is 90.4 Å². The average molecular weight is 597 g/mol. The smallest absolute Gasteiger partial charge is 0.854 e. The number of allylic oxidation sites excluding steroid dienone is 1. The van der Waals surface area contributed by atoms with E-state index in [1.807, 2.05) is 30.3 Å². The summed E-state index contributed by atoms with van der Waals surface area (Å²) in [6.45, 7) is 0.336. The van der Waals surface area contributed by atoms with Crippen LogP contribution in [0.1, 0.15) is 90.4 Å². The maximum atomic E-state index is 11.3. The van der Waals surface area contributed by atoms with Crippen molar-refractivity contribution in [3.05, 3.63) is 48.9 Å². The fourth-order valence-electron chi connectivity index (χ4n) is 3.57. The number of aliphatic hydroxyl groups is 3. The Labute approximate surface area is 241 Å². The third kappa shape index (κ3) is 24.0. The first kappa shape index (κ1) is 44.0. The third-order valence-electron chi connectivity index (χ3n) is 5.80. The van der Waals surface area contributed by atoms with Gasteiger partial charge in [-0.15, -0.1) is 0 Å². The summed E-state index contributed by atoms with van der Waals surface area (Å²) in [5.74, 6) is 3.36. The molecule has 3 N–H and O–H groups in total. The van der Waals surface area contributed by atoms with E-state index in [4.69, 9.17) is 14.7 Å². The van der Waals surface area contributed by atoms with Gasteiger partial charge in [0.1, 0.15) is 11.9 Å². The van der Waals surface area contributed by atoms with E-state index in [0.717, 1.165) is 19.3 Å². The van der Waals surface area contributed by atoms with Gasteiger partial charge in [0.05, 0.1) is 36.4 Å². The van der Waals surface area contributed by atoms with Crippen LogP contribution in [-0.2, 0) is 26.7 Å². The summed E-state index contributed by atoms with van der Waals surface area (Å²) < 4.78 is 0. The van der Waals surface area contributed by atoms with Crippen LogP contribution >= 0.6 is 8.60 Å². The van der Waals surface area contributed by atoms with Gasteiger partial charge in [-0.25, -0.2) is 21.7 Å². The predicted octanol–water partition coefficient (Wildman–Crippen LogP) is 2.70. The van der Waals surface area contributed by atoms with Crippen LogP contribution in [0.3, 0.4) is 0 Å². The normalized spacial score (nSPS) is 9.89. The molecule has 0 bridgehead atoms. The molecule has 0 unspecified atom stereocenters. The maximum absolute atomic E-state index is 11.3. The van der Waals surface area contributed by atoms with Gasteiger partial charge in [0, 0.05) is 0 Å². The number of hydrogen-bond acceptors (Lipinski definition) is 8. The van der Waals surface area contributed by atoms with Crippen molar-refractivity contribution in [1.29, 1.82) is 0 Å². The summed E-state index contributed by atoms with van der Waals surface area (Å²) in [6.07, 6.45) is 14.7. The SMILES string of the molecule is CCCCCCCCCCCCCCC(=C=O)C(=C=O)C(CO)(CO)CO.[CH3-].[Mn+3].[O-]P([O-])[O-].c1cc[cH-]c1. The fourth-order valence-corrected chi connectivity index (χ4v) is 3.57. The Morgan fingerprint density at radius 2 is 1.13 bits per heavy atom. The minimum absolute atomic E-state index is 0. The van der Waals surface area contributed by atoms with E-state index in [1.165, 1.54) is 57.8 Å². The molecule has 0 amide bonds. The minimum atomic E-state index is -3.37. The van der Waals surface area contributed by atoms with E-state index in [2.05, 4.69) is 6.92 Å². The van der Waals surface area contributed by atoms with Gasteiger partial charge < -0.3 is 46.0 Å². The molecule has 0 atom stereocenters. The molecule has 1 aromatic carbocycles. The van der Waals surface area contributed by atoms with Crippen molar-refractivity contribution >= 4 is 20.5 Å². The molecule has 38 heavy (non-hydrogen) atoms. The summed E-state index contributed by atoms with van der Waals surface area (Å²) in [5, 5.41) is 28.3. The van der Waals surface area contributed by atoms with Crippen molar-refractivity contribution in [3.63, 3.8) is 0 Å². The van der Waals surface area contributed by atoms with Crippen LogP contribution in [0.5, 0.6) is 0 Å². The van der Waals surface area contributed by atoms with Crippen molar-refractivity contribution in [2.75, 3.05) is 19.8 Å². The van der Waals surface area contributed by atoms with Crippen LogP contribution in [0.2, 0.25) is 0 Å². The molecule has 0 aromatic heterocycles. The second kappa shape index (κ2) is 32.2. The van der Waals surface area contributed by atoms with Gasteiger partial charge in [-0.3, -0.25) is 0 Å². The quantitative estimate of drug-likeness (QED) is 0.0582. The maximum Gasteiger partial charge on any atom is 3.00 e. The molecular formula is C28H46MnO8P-2. The van der Waals surface area contributed by atoms with Gasteiger partial charge >= 0.3 is 17.1 Å². The van der Waals surface area contributed by atoms with Gasteiger partial charge in [0.25, 0.3) is 0 Å². The molecule has 10 heteroatoms. The Morgan fingerprint density at radius 1 is 0.763 bits per heavy atom. The first-order chi connectivity index (χ1) is 17.4. The molecule has 0 heterocycles. The van der Waals surface area contributed by atoms with Gasteiger partial charge in [-0.1, -0.05) is 77.6 Å². The van der Waals surface area contributed by atoms with E-state index < -0.39 is 33.8 Å². The molecule has 0 aliphatic rings. The van der Waals surface area contributed by atoms with Crippen molar-refractivity contribution in [2.24, 2.45) is 5.41 Å². The number of aliphatic hydroxyl groups excluding tert-OH is 3.